The first-order chi connectivity index (χ1) is 9.58. The second-order valence-corrected chi connectivity index (χ2v) is 6.37. The van der Waals surface area contributed by atoms with Crippen LogP contribution in [0.4, 0.5) is 0 Å². The van der Waals surface area contributed by atoms with Gasteiger partial charge in [-0.1, -0.05) is 49.7 Å². The molecule has 2 nitrogen and oxygen atoms in total. The summed E-state index contributed by atoms with van der Waals surface area (Å²) in [6, 6.07) is 8.76. The zero-order chi connectivity index (χ0) is 14.5. The summed E-state index contributed by atoms with van der Waals surface area (Å²) in [6.45, 7) is 11.9. The molecule has 0 aliphatic carbocycles. The smallest absolute Gasteiger partial charge is 0.0406 e. The van der Waals surface area contributed by atoms with Gasteiger partial charge in [-0.2, -0.15) is 0 Å². The van der Waals surface area contributed by atoms with Gasteiger partial charge in [-0.05, 0) is 36.6 Å². The lowest BCUT2D eigenvalue weighted by atomic mass is 9.85. The number of nitrogens with one attached hydrogen (secondary N) is 2. The maximum absolute atomic E-state index is 5.99. The first-order valence-electron chi connectivity index (χ1n) is 7.46. The zero-order valence-electron chi connectivity index (χ0n) is 12.5. The molecule has 0 radical (unpaired) electrons. The lowest BCUT2D eigenvalue weighted by Crippen LogP contribution is -2.35. The van der Waals surface area contributed by atoms with E-state index < -0.39 is 0 Å². The van der Waals surface area contributed by atoms with Crippen molar-refractivity contribution in [3.05, 3.63) is 47.0 Å². The van der Waals surface area contributed by atoms with Crippen LogP contribution in [0.15, 0.2) is 36.4 Å². The minimum atomic E-state index is 0.355. The summed E-state index contributed by atoms with van der Waals surface area (Å²) in [5.74, 6) is 0.840. The van der Waals surface area contributed by atoms with Crippen LogP contribution >= 0.6 is 11.6 Å². The van der Waals surface area contributed by atoms with Crippen molar-refractivity contribution in [2.45, 2.75) is 32.2 Å². The minimum absolute atomic E-state index is 0.355. The molecule has 0 aromatic heterocycles. The summed E-state index contributed by atoms with van der Waals surface area (Å²) in [5.41, 5.74) is 2.58. The van der Waals surface area contributed by atoms with Crippen molar-refractivity contribution in [3.8, 4) is 0 Å². The first kappa shape index (κ1) is 15.6. The van der Waals surface area contributed by atoms with E-state index in [1.165, 1.54) is 17.6 Å². The highest BCUT2D eigenvalue weighted by Gasteiger charge is 2.20. The van der Waals surface area contributed by atoms with E-state index in [9.17, 15) is 0 Å². The fraction of sp³-hybridized carbons (Fsp3) is 0.529. The van der Waals surface area contributed by atoms with Gasteiger partial charge < -0.3 is 10.6 Å². The van der Waals surface area contributed by atoms with Crippen molar-refractivity contribution < 1.29 is 0 Å². The fourth-order valence-electron chi connectivity index (χ4n) is 2.67. The molecule has 0 bridgehead atoms. The average molecular weight is 293 g/mol. The number of benzene rings is 1. The Morgan fingerprint density at radius 2 is 2.10 bits per heavy atom. The highest BCUT2D eigenvalue weighted by atomic mass is 35.5. The molecule has 20 heavy (non-hydrogen) atoms. The van der Waals surface area contributed by atoms with Gasteiger partial charge in [-0.15, -0.1) is 0 Å². The maximum atomic E-state index is 5.99. The Morgan fingerprint density at radius 1 is 1.40 bits per heavy atom. The topological polar surface area (TPSA) is 24.1 Å². The van der Waals surface area contributed by atoms with Crippen molar-refractivity contribution in [3.63, 3.8) is 0 Å². The molecule has 0 spiro atoms. The number of hydrogen-bond acceptors (Lipinski definition) is 2. The van der Waals surface area contributed by atoms with Crippen LogP contribution in [0, 0.1) is 5.92 Å². The van der Waals surface area contributed by atoms with Crippen molar-refractivity contribution in [2.75, 3.05) is 19.6 Å². The SMILES string of the molecule is C=C(C(C)C)[C@H](CN[C@H]1CCNC1)c1ccc(Cl)cc1. The van der Waals surface area contributed by atoms with Gasteiger partial charge in [-0.3, -0.25) is 0 Å². The normalized spacial score (nSPS) is 20.3. The Kier molecular flexibility index (Phi) is 5.64. The Labute approximate surface area is 127 Å². The molecule has 0 saturated carbocycles. The molecule has 1 aromatic rings. The largest absolute Gasteiger partial charge is 0.315 e. The fourth-order valence-corrected chi connectivity index (χ4v) is 2.80. The van der Waals surface area contributed by atoms with E-state index in [4.69, 9.17) is 11.6 Å². The molecular weight excluding hydrogens is 268 g/mol. The van der Waals surface area contributed by atoms with Crippen LogP contribution in [0.5, 0.6) is 0 Å². The maximum Gasteiger partial charge on any atom is 0.0406 e. The van der Waals surface area contributed by atoms with Gasteiger partial charge in [0.25, 0.3) is 0 Å². The first-order valence-corrected chi connectivity index (χ1v) is 7.84. The molecular formula is C17H25ClN2. The average Bonchev–Trinajstić information content (AvgIpc) is 2.93. The van der Waals surface area contributed by atoms with Crippen molar-refractivity contribution in [2.24, 2.45) is 5.92 Å². The number of halogens is 1. The summed E-state index contributed by atoms with van der Waals surface area (Å²) in [7, 11) is 0. The molecule has 1 fully saturated rings. The van der Waals surface area contributed by atoms with Gasteiger partial charge in [0, 0.05) is 30.1 Å². The molecule has 0 unspecified atom stereocenters. The standard InChI is InChI=1S/C17H25ClN2/c1-12(2)13(3)17(11-20-16-8-9-19-10-16)14-4-6-15(18)7-5-14/h4-7,12,16-17,19-20H,3,8-11H2,1-2H3/t16-,17-/m0/s1. The summed E-state index contributed by atoms with van der Waals surface area (Å²) in [4.78, 5) is 0. The third kappa shape index (κ3) is 4.08. The molecule has 1 aliphatic rings. The quantitative estimate of drug-likeness (QED) is 0.783. The van der Waals surface area contributed by atoms with Crippen molar-refractivity contribution in [1.82, 2.24) is 10.6 Å². The Bertz CT molecular complexity index is 433. The Balaban J connectivity index is 2.07. The van der Waals surface area contributed by atoms with Gasteiger partial charge >= 0.3 is 0 Å². The third-order valence-corrected chi connectivity index (χ3v) is 4.38. The van der Waals surface area contributed by atoms with E-state index in [1.807, 2.05) is 12.1 Å². The lowest BCUT2D eigenvalue weighted by Gasteiger charge is -2.25. The van der Waals surface area contributed by atoms with Crippen LogP contribution in [0.25, 0.3) is 0 Å². The molecule has 1 aliphatic heterocycles. The van der Waals surface area contributed by atoms with Crippen LogP contribution in [0.2, 0.25) is 5.02 Å². The van der Waals surface area contributed by atoms with Gasteiger partial charge in [-0.25, -0.2) is 0 Å². The summed E-state index contributed by atoms with van der Waals surface area (Å²) in [5, 5.41) is 7.85. The van der Waals surface area contributed by atoms with E-state index in [0.29, 0.717) is 17.9 Å². The summed E-state index contributed by atoms with van der Waals surface area (Å²) >= 11 is 5.99. The highest BCUT2D eigenvalue weighted by Crippen LogP contribution is 2.29. The van der Waals surface area contributed by atoms with Crippen LogP contribution in [0.3, 0.4) is 0 Å². The van der Waals surface area contributed by atoms with Crippen LogP contribution < -0.4 is 10.6 Å². The molecule has 2 N–H and O–H groups in total. The summed E-state index contributed by atoms with van der Waals surface area (Å²) < 4.78 is 0. The van der Waals surface area contributed by atoms with Gasteiger partial charge in [0.1, 0.15) is 0 Å². The molecule has 2 atom stereocenters. The minimum Gasteiger partial charge on any atom is -0.315 e. The predicted molar refractivity (Wildman–Crippen MR) is 87.4 cm³/mol. The predicted octanol–water partition coefficient (Wildman–Crippen LogP) is 3.59. The van der Waals surface area contributed by atoms with Crippen molar-refractivity contribution in [1.29, 1.82) is 0 Å². The van der Waals surface area contributed by atoms with Crippen LogP contribution in [-0.4, -0.2) is 25.7 Å². The summed E-state index contributed by atoms with van der Waals surface area (Å²) in [6.07, 6.45) is 1.21. The zero-order valence-corrected chi connectivity index (χ0v) is 13.2. The van der Waals surface area contributed by atoms with E-state index in [2.05, 4.69) is 43.2 Å². The Morgan fingerprint density at radius 3 is 2.65 bits per heavy atom. The van der Waals surface area contributed by atoms with E-state index in [0.717, 1.165) is 24.7 Å². The second-order valence-electron chi connectivity index (χ2n) is 5.93. The molecule has 1 saturated heterocycles. The monoisotopic (exact) mass is 292 g/mol. The van der Waals surface area contributed by atoms with E-state index in [1.54, 1.807) is 0 Å². The lowest BCUT2D eigenvalue weighted by molar-refractivity contribution is 0.510. The molecule has 2 rings (SSSR count). The molecule has 110 valence electrons. The number of hydrogen-bond donors (Lipinski definition) is 2. The Hall–Kier alpha value is -0.830. The third-order valence-electron chi connectivity index (χ3n) is 4.13. The number of rotatable bonds is 6. The van der Waals surface area contributed by atoms with E-state index in [-0.39, 0.29) is 0 Å². The van der Waals surface area contributed by atoms with Crippen molar-refractivity contribution >= 4 is 11.6 Å². The van der Waals surface area contributed by atoms with Gasteiger partial charge in [0.15, 0.2) is 0 Å². The molecule has 0 amide bonds. The van der Waals surface area contributed by atoms with Gasteiger partial charge in [0.05, 0.1) is 0 Å². The molecule has 3 heteroatoms. The van der Waals surface area contributed by atoms with Crippen LogP contribution in [0.1, 0.15) is 31.7 Å². The van der Waals surface area contributed by atoms with E-state index >= 15 is 0 Å². The molecule has 1 aromatic carbocycles. The molecule has 1 heterocycles. The second kappa shape index (κ2) is 7.26. The highest BCUT2D eigenvalue weighted by molar-refractivity contribution is 6.30. The van der Waals surface area contributed by atoms with Crippen LogP contribution in [-0.2, 0) is 0 Å². The van der Waals surface area contributed by atoms with Gasteiger partial charge in [0.2, 0.25) is 0 Å².